The van der Waals surface area contributed by atoms with Crippen LogP contribution in [0.25, 0.3) is 11.6 Å². The maximum atomic E-state index is 13.4. The van der Waals surface area contributed by atoms with Crippen LogP contribution in [0, 0.1) is 0 Å². The molecule has 1 N–H and O–H groups in total. The summed E-state index contributed by atoms with van der Waals surface area (Å²) in [6.45, 7) is 10.6. The minimum atomic E-state index is -1.32. The van der Waals surface area contributed by atoms with Crippen molar-refractivity contribution in [1.29, 1.82) is 0 Å². The Bertz CT molecular complexity index is 2510. The lowest BCUT2D eigenvalue weighted by Gasteiger charge is -2.29. The molecule has 3 aliphatic carbocycles. The Hall–Kier alpha value is -7.15. The van der Waals surface area contributed by atoms with Gasteiger partial charge in [-0.2, -0.15) is 10.2 Å². The van der Waals surface area contributed by atoms with Gasteiger partial charge in [-0.25, -0.2) is 14.4 Å². The Morgan fingerprint density at radius 1 is 0.765 bits per heavy atom. The van der Waals surface area contributed by atoms with Crippen molar-refractivity contribution in [2.45, 2.75) is 83.0 Å². The third-order valence-corrected chi connectivity index (χ3v) is 11.3. The second-order valence-electron chi connectivity index (χ2n) is 16.5. The summed E-state index contributed by atoms with van der Waals surface area (Å²) in [5.74, 6) is -0.237. The number of hydrogen-bond acceptors (Lipinski definition) is 12. The Morgan fingerprint density at radius 2 is 1.43 bits per heavy atom. The average molecular weight is 921 g/mol. The van der Waals surface area contributed by atoms with Crippen LogP contribution in [0.15, 0.2) is 161 Å². The molecule has 6 rings (SSSR count). The molecular weight excluding hydrogens is 861 g/mol. The van der Waals surface area contributed by atoms with Gasteiger partial charge in [0.25, 0.3) is 0 Å². The van der Waals surface area contributed by atoms with E-state index in [-0.39, 0.29) is 5.75 Å². The molecule has 0 fully saturated rings. The Kier molecular flexibility index (Phi) is 19.4. The van der Waals surface area contributed by atoms with Crippen molar-refractivity contribution in [3.63, 3.8) is 0 Å². The molecule has 0 amide bonds. The van der Waals surface area contributed by atoms with Crippen LogP contribution in [0.4, 0.5) is 0 Å². The van der Waals surface area contributed by atoms with Crippen LogP contribution >= 0.6 is 0 Å². The summed E-state index contributed by atoms with van der Waals surface area (Å²) in [5.41, 5.74) is 6.16. The molecule has 12 nitrogen and oxygen atoms in total. The maximum absolute atomic E-state index is 13.4. The topological polar surface area (TPSA) is 152 Å². The van der Waals surface area contributed by atoms with Crippen molar-refractivity contribution >= 4 is 42.0 Å². The highest BCUT2D eigenvalue weighted by molar-refractivity contribution is 6.13. The van der Waals surface area contributed by atoms with Crippen LogP contribution < -0.4 is 14.2 Å². The molecule has 0 aliphatic heterocycles. The molecule has 0 spiro atoms. The average Bonchev–Trinajstić information content (AvgIpc) is 3.67. The lowest BCUT2D eigenvalue weighted by atomic mass is 9.93. The minimum absolute atomic E-state index is 0.236. The lowest BCUT2D eigenvalue weighted by molar-refractivity contribution is -0.138. The molecule has 0 radical (unpaired) electrons. The molecule has 0 aromatic heterocycles. The standard InChI is InChI=1S/C56H60N2O10/c1-4-52(59)64-33-15-7-6-14-32-63-47-24-22-42(23-25-47)54(61)67-48-26-27-51(68-55(62)43-28-30-56(3,31-29-43)66-35-17-9-8-16-34-65-53(60)5-2)46(38-48)39-57-58-40-50-45-20-11-10-18-41(37-45)36-44-19-12-13-21-49(44)50/h4-5,10-13,18-30,36,38-40,55,62H,1-2,6-9,14-17,31-35,37H2,3H3/b57-39+,58-40+. The second-order valence-corrected chi connectivity index (χ2v) is 16.5. The maximum Gasteiger partial charge on any atom is 0.343 e. The first-order valence-electron chi connectivity index (χ1n) is 23.1. The van der Waals surface area contributed by atoms with E-state index in [0.717, 1.165) is 92.2 Å². The highest BCUT2D eigenvalue weighted by atomic mass is 16.6. The molecule has 2 atom stereocenters. The molecule has 0 saturated heterocycles. The van der Waals surface area contributed by atoms with E-state index in [1.165, 1.54) is 11.8 Å². The van der Waals surface area contributed by atoms with Gasteiger partial charge in [0.15, 0.2) is 0 Å². The number of esters is 3. The van der Waals surface area contributed by atoms with Gasteiger partial charge >= 0.3 is 17.9 Å². The third kappa shape index (κ3) is 15.7. The highest BCUT2D eigenvalue weighted by Crippen LogP contribution is 2.34. The number of aliphatic hydroxyl groups excluding tert-OH is 1. The number of hydrogen-bond donors (Lipinski definition) is 1. The van der Waals surface area contributed by atoms with Crippen LogP contribution in [0.3, 0.4) is 0 Å². The molecule has 3 aromatic carbocycles. The van der Waals surface area contributed by atoms with Gasteiger partial charge in [-0.3, -0.25) is 0 Å². The van der Waals surface area contributed by atoms with Gasteiger partial charge in [-0.1, -0.05) is 92.5 Å². The SMILES string of the molecule is C=CC(=O)OCCCCCCOc1ccc(C(=O)Oc2ccc(OC(O)C3=CCC(C)(OCCCCCCOC(=O)C=C)C=C3)c(/C=N/N=C/C3=C4C=CC=CC(=Cc5ccccc53)C4)c2)cc1. The summed E-state index contributed by atoms with van der Waals surface area (Å²) >= 11 is 0. The van der Waals surface area contributed by atoms with Gasteiger partial charge in [0.2, 0.25) is 6.29 Å². The number of unbranched alkanes of at least 4 members (excludes halogenated alkanes) is 6. The van der Waals surface area contributed by atoms with Gasteiger partial charge in [0, 0.05) is 35.5 Å². The van der Waals surface area contributed by atoms with Crippen molar-refractivity contribution in [2.24, 2.45) is 10.2 Å². The van der Waals surface area contributed by atoms with Crippen LogP contribution in [-0.2, 0) is 23.8 Å². The number of carbonyl (C=O) groups is 3. The lowest BCUT2D eigenvalue weighted by Crippen LogP contribution is -2.30. The summed E-state index contributed by atoms with van der Waals surface area (Å²) in [5, 5.41) is 20.3. The number of nitrogens with zero attached hydrogens (tertiary/aromatic N) is 2. The van der Waals surface area contributed by atoms with Gasteiger partial charge < -0.3 is 33.5 Å². The van der Waals surface area contributed by atoms with Crippen LogP contribution in [0.2, 0.25) is 0 Å². The highest BCUT2D eigenvalue weighted by Gasteiger charge is 2.26. The number of allylic oxidation sites excluding steroid dienone is 7. The summed E-state index contributed by atoms with van der Waals surface area (Å²) < 4.78 is 34.1. The van der Waals surface area contributed by atoms with E-state index in [1.54, 1.807) is 54.8 Å². The van der Waals surface area contributed by atoms with E-state index in [2.05, 4.69) is 53.7 Å². The van der Waals surface area contributed by atoms with Crippen molar-refractivity contribution in [3.05, 3.63) is 174 Å². The molecule has 354 valence electrons. The fraction of sp³-hybridized carbons (Fsp3) is 0.304. The largest absolute Gasteiger partial charge is 0.494 e. The van der Waals surface area contributed by atoms with E-state index >= 15 is 0 Å². The number of benzene rings is 3. The zero-order valence-corrected chi connectivity index (χ0v) is 38.7. The number of fused-ring (bicyclic) bond motifs is 3. The quantitative estimate of drug-likeness (QED) is 0.0157. The number of carbonyl (C=O) groups excluding carboxylic acids is 3. The fourth-order valence-electron chi connectivity index (χ4n) is 7.49. The number of aliphatic hydroxyl groups is 1. The van der Waals surface area contributed by atoms with Gasteiger partial charge in [0.1, 0.15) is 17.2 Å². The van der Waals surface area contributed by atoms with E-state index in [9.17, 15) is 19.5 Å². The normalized spacial score (nSPS) is 16.6. The summed E-state index contributed by atoms with van der Waals surface area (Å²) in [6.07, 6.45) is 28.6. The predicted octanol–water partition coefficient (Wildman–Crippen LogP) is 11.0. The molecule has 12 heteroatoms. The first kappa shape index (κ1) is 50.3. The predicted molar refractivity (Wildman–Crippen MR) is 266 cm³/mol. The third-order valence-electron chi connectivity index (χ3n) is 11.3. The van der Waals surface area contributed by atoms with E-state index < -0.39 is 29.8 Å². The molecule has 3 aromatic rings. The Balaban J connectivity index is 1.09. The molecule has 68 heavy (non-hydrogen) atoms. The number of ether oxygens (including phenoxy) is 6. The van der Waals surface area contributed by atoms with Crippen molar-refractivity contribution < 1.29 is 47.9 Å². The van der Waals surface area contributed by atoms with Crippen molar-refractivity contribution in [1.82, 2.24) is 0 Å². The van der Waals surface area contributed by atoms with Crippen LogP contribution in [-0.4, -0.2) is 73.8 Å². The zero-order valence-electron chi connectivity index (χ0n) is 38.7. The fourth-order valence-corrected chi connectivity index (χ4v) is 7.49. The molecule has 2 unspecified atom stereocenters. The summed E-state index contributed by atoms with van der Waals surface area (Å²) in [6, 6.07) is 19.7. The van der Waals surface area contributed by atoms with Gasteiger partial charge in [-0.05, 0) is 129 Å². The van der Waals surface area contributed by atoms with E-state index in [0.29, 0.717) is 61.0 Å². The van der Waals surface area contributed by atoms with E-state index in [1.807, 2.05) is 43.4 Å². The first-order chi connectivity index (χ1) is 33.1. The number of rotatable bonds is 26. The van der Waals surface area contributed by atoms with Crippen molar-refractivity contribution in [3.8, 4) is 17.2 Å². The van der Waals surface area contributed by atoms with Gasteiger partial charge in [0.05, 0.1) is 43.4 Å². The van der Waals surface area contributed by atoms with Crippen LogP contribution in [0.5, 0.6) is 17.2 Å². The van der Waals surface area contributed by atoms with E-state index in [4.69, 9.17) is 28.4 Å². The van der Waals surface area contributed by atoms with Crippen LogP contribution in [0.1, 0.15) is 98.2 Å². The molecule has 0 heterocycles. The zero-order chi connectivity index (χ0) is 48.0. The molecule has 3 aliphatic rings. The summed E-state index contributed by atoms with van der Waals surface area (Å²) in [4.78, 5) is 35.7. The Morgan fingerprint density at radius 3 is 2.13 bits per heavy atom. The monoisotopic (exact) mass is 920 g/mol. The van der Waals surface area contributed by atoms with Crippen molar-refractivity contribution in [2.75, 3.05) is 26.4 Å². The minimum Gasteiger partial charge on any atom is -0.494 e. The molecular formula is C56H60N2O10. The smallest absolute Gasteiger partial charge is 0.343 e. The molecule has 2 bridgehead atoms. The summed E-state index contributed by atoms with van der Waals surface area (Å²) in [7, 11) is 0. The second kappa shape index (κ2) is 26.3. The first-order valence-corrected chi connectivity index (χ1v) is 23.1. The molecule has 0 saturated carbocycles. The van der Waals surface area contributed by atoms with Gasteiger partial charge in [-0.15, -0.1) is 0 Å². The Labute approximate surface area is 399 Å².